The van der Waals surface area contributed by atoms with Crippen LogP contribution in [0.4, 0.5) is 5.69 Å². The summed E-state index contributed by atoms with van der Waals surface area (Å²) < 4.78 is 31.1. The van der Waals surface area contributed by atoms with Crippen molar-refractivity contribution < 1.29 is 17.9 Å². The molecule has 6 nitrogen and oxygen atoms in total. The first-order valence-electron chi connectivity index (χ1n) is 7.52. The summed E-state index contributed by atoms with van der Waals surface area (Å²) in [5.41, 5.74) is 0.922. The Kier molecular flexibility index (Phi) is 6.52. The topological polar surface area (TPSA) is 75.7 Å². The number of rotatable bonds is 6. The van der Waals surface area contributed by atoms with E-state index in [2.05, 4.69) is 5.32 Å². The van der Waals surface area contributed by atoms with E-state index < -0.39 is 15.9 Å². The summed E-state index contributed by atoms with van der Waals surface area (Å²) in [7, 11) is -0.725. The number of carbonyl (C=O) groups excluding carboxylic acids is 1. The quantitative estimate of drug-likeness (QED) is 0.780. The van der Waals surface area contributed by atoms with E-state index in [1.54, 1.807) is 37.3 Å². The molecule has 0 heterocycles. The lowest BCUT2D eigenvalue weighted by atomic mass is 10.2. The molecule has 0 fully saturated rings. The number of nitrogens with one attached hydrogen (secondary N) is 1. The molecule has 1 amide bonds. The summed E-state index contributed by atoms with van der Waals surface area (Å²) in [5, 5.41) is 3.18. The van der Waals surface area contributed by atoms with Crippen molar-refractivity contribution in [1.29, 1.82) is 0 Å². The van der Waals surface area contributed by atoms with E-state index in [0.717, 1.165) is 4.31 Å². The van der Waals surface area contributed by atoms with Gasteiger partial charge in [-0.3, -0.25) is 4.79 Å². The molecule has 140 valence electrons. The van der Waals surface area contributed by atoms with Crippen LogP contribution in [0.15, 0.2) is 41.3 Å². The van der Waals surface area contributed by atoms with E-state index in [1.807, 2.05) is 0 Å². The van der Waals surface area contributed by atoms with E-state index in [1.165, 1.54) is 20.2 Å². The number of para-hydroxylation sites is 1. The van der Waals surface area contributed by atoms with Crippen LogP contribution in [0.3, 0.4) is 0 Å². The highest BCUT2D eigenvalue weighted by molar-refractivity contribution is 7.89. The Labute approximate surface area is 162 Å². The average molecular weight is 417 g/mol. The fraction of sp³-hybridized carbons (Fsp3) is 0.235. The zero-order valence-corrected chi connectivity index (χ0v) is 16.7. The fourth-order valence-corrected chi connectivity index (χ4v) is 3.76. The Morgan fingerprint density at radius 3 is 2.35 bits per heavy atom. The van der Waals surface area contributed by atoms with Gasteiger partial charge in [0.1, 0.15) is 0 Å². The van der Waals surface area contributed by atoms with Gasteiger partial charge in [-0.15, -0.1) is 0 Å². The number of anilines is 1. The van der Waals surface area contributed by atoms with Gasteiger partial charge in [0, 0.05) is 19.8 Å². The van der Waals surface area contributed by atoms with Crippen LogP contribution in [-0.4, -0.2) is 39.3 Å². The van der Waals surface area contributed by atoms with E-state index in [4.69, 9.17) is 27.9 Å². The zero-order chi connectivity index (χ0) is 19.5. The van der Waals surface area contributed by atoms with Crippen LogP contribution in [0.2, 0.25) is 10.0 Å². The molecule has 0 aliphatic rings. The molecule has 9 heteroatoms. The van der Waals surface area contributed by atoms with Gasteiger partial charge in [-0.2, -0.15) is 0 Å². The Balaban J connectivity index is 2.13. The van der Waals surface area contributed by atoms with Gasteiger partial charge >= 0.3 is 0 Å². The first-order valence-corrected chi connectivity index (χ1v) is 9.72. The highest BCUT2D eigenvalue weighted by Crippen LogP contribution is 2.32. The predicted molar refractivity (Wildman–Crippen MR) is 103 cm³/mol. The maximum atomic E-state index is 12.3. The van der Waals surface area contributed by atoms with Crippen molar-refractivity contribution in [1.82, 2.24) is 4.31 Å². The molecule has 0 atom stereocenters. The molecular weight excluding hydrogens is 399 g/mol. The van der Waals surface area contributed by atoms with Crippen LogP contribution in [0.5, 0.6) is 5.75 Å². The highest BCUT2D eigenvalue weighted by atomic mass is 35.5. The zero-order valence-electron chi connectivity index (χ0n) is 14.4. The van der Waals surface area contributed by atoms with E-state index in [0.29, 0.717) is 21.3 Å². The fourth-order valence-electron chi connectivity index (χ4n) is 2.11. The summed E-state index contributed by atoms with van der Waals surface area (Å²) in [4.78, 5) is 12.2. The molecule has 0 aromatic heterocycles. The van der Waals surface area contributed by atoms with Crippen molar-refractivity contribution in [3.63, 3.8) is 0 Å². The number of benzene rings is 2. The van der Waals surface area contributed by atoms with Crippen LogP contribution in [0.1, 0.15) is 5.56 Å². The second kappa shape index (κ2) is 8.26. The minimum atomic E-state index is -3.62. The number of sulfonamides is 1. The molecule has 0 aliphatic carbocycles. The van der Waals surface area contributed by atoms with Crippen LogP contribution >= 0.6 is 23.2 Å². The van der Waals surface area contributed by atoms with Crippen LogP contribution in [0.25, 0.3) is 0 Å². The minimum Gasteiger partial charge on any atom is -0.481 e. The normalized spacial score (nSPS) is 11.5. The molecular formula is C17H18Cl2N2O4S. The molecule has 2 aromatic rings. The van der Waals surface area contributed by atoms with Crippen molar-refractivity contribution >= 4 is 44.8 Å². The standard InChI is InChI=1S/C17H18Cl2N2O4S/c1-11-7-8-12(9-15(11)26(23,24)21(2)3)20-16(22)10-25-17-13(18)5-4-6-14(17)19/h4-9H,10H2,1-3H3,(H,20,22). The van der Waals surface area contributed by atoms with E-state index in [-0.39, 0.29) is 17.3 Å². The van der Waals surface area contributed by atoms with Crippen molar-refractivity contribution in [2.24, 2.45) is 0 Å². The maximum Gasteiger partial charge on any atom is 0.262 e. The van der Waals surface area contributed by atoms with Gasteiger partial charge < -0.3 is 10.1 Å². The second-order valence-corrected chi connectivity index (χ2v) is 8.59. The number of halogens is 2. The van der Waals surface area contributed by atoms with Crippen molar-refractivity contribution in [2.75, 3.05) is 26.0 Å². The third-order valence-corrected chi connectivity index (χ3v) is 6.05. The smallest absolute Gasteiger partial charge is 0.262 e. The third-order valence-electron chi connectivity index (χ3n) is 3.50. The number of carbonyl (C=O) groups is 1. The van der Waals surface area contributed by atoms with Gasteiger partial charge in [0.05, 0.1) is 14.9 Å². The van der Waals surface area contributed by atoms with Gasteiger partial charge in [0.25, 0.3) is 5.91 Å². The lowest BCUT2D eigenvalue weighted by molar-refractivity contribution is -0.118. The van der Waals surface area contributed by atoms with Crippen LogP contribution < -0.4 is 10.1 Å². The number of hydrogen-bond donors (Lipinski definition) is 1. The highest BCUT2D eigenvalue weighted by Gasteiger charge is 2.20. The Bertz CT molecular complexity index is 910. The van der Waals surface area contributed by atoms with Gasteiger partial charge in [0.15, 0.2) is 12.4 Å². The predicted octanol–water partition coefficient (Wildman–Crippen LogP) is 3.57. The minimum absolute atomic E-state index is 0.121. The molecule has 26 heavy (non-hydrogen) atoms. The van der Waals surface area contributed by atoms with Gasteiger partial charge in [-0.1, -0.05) is 35.3 Å². The number of nitrogens with zero attached hydrogens (tertiary/aromatic N) is 1. The summed E-state index contributed by atoms with van der Waals surface area (Å²) in [6, 6.07) is 9.50. The molecule has 2 rings (SSSR count). The number of aryl methyl sites for hydroxylation is 1. The molecule has 0 saturated heterocycles. The molecule has 0 saturated carbocycles. The molecule has 0 unspecified atom stereocenters. The van der Waals surface area contributed by atoms with E-state index in [9.17, 15) is 13.2 Å². The van der Waals surface area contributed by atoms with Gasteiger partial charge in [0.2, 0.25) is 10.0 Å². The SMILES string of the molecule is Cc1ccc(NC(=O)COc2c(Cl)cccc2Cl)cc1S(=O)(=O)N(C)C. The van der Waals surface area contributed by atoms with Crippen LogP contribution in [-0.2, 0) is 14.8 Å². The summed E-state index contributed by atoms with van der Waals surface area (Å²) in [6.45, 7) is 1.36. The summed E-state index contributed by atoms with van der Waals surface area (Å²) in [5.74, 6) is -0.260. The van der Waals surface area contributed by atoms with Crippen molar-refractivity contribution in [3.05, 3.63) is 52.0 Å². The molecule has 0 aliphatic heterocycles. The number of ether oxygens (including phenoxy) is 1. The van der Waals surface area contributed by atoms with Crippen LogP contribution in [0, 0.1) is 6.92 Å². The molecule has 2 aromatic carbocycles. The second-order valence-electron chi connectivity index (χ2n) is 5.66. The van der Waals surface area contributed by atoms with Crippen molar-refractivity contribution in [2.45, 2.75) is 11.8 Å². The van der Waals surface area contributed by atoms with Crippen molar-refractivity contribution in [3.8, 4) is 5.75 Å². The number of hydrogen-bond acceptors (Lipinski definition) is 4. The average Bonchev–Trinajstić information content (AvgIpc) is 2.56. The Morgan fingerprint density at radius 1 is 1.15 bits per heavy atom. The first-order chi connectivity index (χ1) is 12.1. The molecule has 0 bridgehead atoms. The summed E-state index contributed by atoms with van der Waals surface area (Å²) in [6.07, 6.45) is 0. The summed E-state index contributed by atoms with van der Waals surface area (Å²) >= 11 is 12.0. The Morgan fingerprint density at radius 2 is 1.77 bits per heavy atom. The number of amides is 1. The van der Waals surface area contributed by atoms with E-state index >= 15 is 0 Å². The lowest BCUT2D eigenvalue weighted by Crippen LogP contribution is -2.24. The molecule has 0 spiro atoms. The Hall–Kier alpha value is -1.80. The van der Waals surface area contributed by atoms with Gasteiger partial charge in [-0.05, 0) is 36.8 Å². The maximum absolute atomic E-state index is 12.3. The lowest BCUT2D eigenvalue weighted by Gasteiger charge is -2.15. The largest absolute Gasteiger partial charge is 0.481 e. The monoisotopic (exact) mass is 416 g/mol. The third kappa shape index (κ3) is 4.67. The molecule has 0 radical (unpaired) electrons. The first kappa shape index (κ1) is 20.5. The molecule has 1 N–H and O–H groups in total. The van der Waals surface area contributed by atoms with Gasteiger partial charge in [-0.25, -0.2) is 12.7 Å².